The fourth-order valence-corrected chi connectivity index (χ4v) is 1.78. The van der Waals surface area contributed by atoms with E-state index in [1.807, 2.05) is 19.9 Å². The molecule has 1 rings (SSSR count). The fourth-order valence-electron chi connectivity index (χ4n) is 1.78. The van der Waals surface area contributed by atoms with Gasteiger partial charge in [-0.3, -0.25) is 0 Å². The van der Waals surface area contributed by atoms with E-state index in [1.54, 1.807) is 0 Å². The second-order valence-corrected chi connectivity index (χ2v) is 4.34. The van der Waals surface area contributed by atoms with Crippen molar-refractivity contribution < 1.29 is 8.78 Å². The number of alkyl halides is 2. The van der Waals surface area contributed by atoms with Gasteiger partial charge in [0.05, 0.1) is 0 Å². The van der Waals surface area contributed by atoms with Crippen LogP contribution in [0.5, 0.6) is 0 Å². The molecule has 0 amide bonds. The van der Waals surface area contributed by atoms with E-state index in [1.165, 1.54) is 5.57 Å². The SMILES string of the molecule is CC(C)=CCNC1CCCC(F)(F)C1. The van der Waals surface area contributed by atoms with E-state index in [0.717, 1.165) is 6.42 Å². The molecule has 0 bridgehead atoms. The number of allylic oxidation sites excluding steroid dienone is 1. The molecule has 0 aliphatic heterocycles. The summed E-state index contributed by atoms with van der Waals surface area (Å²) in [7, 11) is 0. The zero-order valence-corrected chi connectivity index (χ0v) is 8.95. The van der Waals surface area contributed by atoms with Crippen molar-refractivity contribution >= 4 is 0 Å². The van der Waals surface area contributed by atoms with Crippen LogP contribution in [0.1, 0.15) is 39.5 Å². The first-order valence-corrected chi connectivity index (χ1v) is 5.24. The van der Waals surface area contributed by atoms with Crippen LogP contribution in [0, 0.1) is 0 Å². The van der Waals surface area contributed by atoms with E-state index < -0.39 is 5.92 Å². The van der Waals surface area contributed by atoms with Crippen LogP contribution in [-0.2, 0) is 0 Å². The molecule has 1 unspecified atom stereocenters. The molecule has 0 radical (unpaired) electrons. The molecule has 1 atom stereocenters. The fraction of sp³-hybridized carbons (Fsp3) is 0.818. The highest BCUT2D eigenvalue weighted by molar-refractivity contribution is 4.95. The molecule has 0 spiro atoms. The maximum atomic E-state index is 13.0. The Morgan fingerprint density at radius 2 is 2.21 bits per heavy atom. The van der Waals surface area contributed by atoms with E-state index in [-0.39, 0.29) is 18.9 Å². The lowest BCUT2D eigenvalue weighted by molar-refractivity contribution is -0.0436. The van der Waals surface area contributed by atoms with Crippen LogP contribution in [0.2, 0.25) is 0 Å². The lowest BCUT2D eigenvalue weighted by atomic mass is 9.92. The molecule has 1 N–H and O–H groups in total. The van der Waals surface area contributed by atoms with Gasteiger partial charge in [-0.05, 0) is 26.7 Å². The lowest BCUT2D eigenvalue weighted by Crippen LogP contribution is -2.39. The average Bonchev–Trinajstić information content (AvgIpc) is 2.01. The standard InChI is InChI=1S/C11H19F2N/c1-9(2)5-7-14-10-4-3-6-11(12,13)8-10/h5,10,14H,3-4,6-8H2,1-2H3. The highest BCUT2D eigenvalue weighted by Crippen LogP contribution is 2.32. The number of nitrogens with one attached hydrogen (secondary N) is 1. The smallest absolute Gasteiger partial charge is 0.249 e. The normalized spacial score (nSPS) is 25.9. The van der Waals surface area contributed by atoms with Crippen LogP contribution >= 0.6 is 0 Å². The summed E-state index contributed by atoms with van der Waals surface area (Å²) >= 11 is 0. The molecule has 1 fully saturated rings. The molecule has 1 nitrogen and oxygen atoms in total. The van der Waals surface area contributed by atoms with Crippen molar-refractivity contribution in [2.24, 2.45) is 0 Å². The lowest BCUT2D eigenvalue weighted by Gasteiger charge is -2.29. The Bertz CT molecular complexity index is 207. The summed E-state index contributed by atoms with van der Waals surface area (Å²) in [6, 6.07) is -0.00523. The number of halogens is 2. The zero-order valence-electron chi connectivity index (χ0n) is 8.95. The van der Waals surface area contributed by atoms with Crippen LogP contribution in [0.15, 0.2) is 11.6 Å². The Hall–Kier alpha value is -0.440. The van der Waals surface area contributed by atoms with Crippen molar-refractivity contribution in [2.75, 3.05) is 6.54 Å². The summed E-state index contributed by atoms with van der Waals surface area (Å²) in [5.74, 6) is -2.44. The average molecular weight is 203 g/mol. The van der Waals surface area contributed by atoms with Crippen LogP contribution < -0.4 is 5.32 Å². The Labute approximate surface area is 84.6 Å². The summed E-state index contributed by atoms with van der Waals surface area (Å²) < 4.78 is 26.0. The maximum absolute atomic E-state index is 13.0. The van der Waals surface area contributed by atoms with Crippen LogP contribution in [-0.4, -0.2) is 18.5 Å². The first-order valence-electron chi connectivity index (χ1n) is 5.24. The highest BCUT2D eigenvalue weighted by atomic mass is 19.3. The molecule has 0 heterocycles. The minimum absolute atomic E-state index is 0.00357. The zero-order chi connectivity index (χ0) is 10.6. The van der Waals surface area contributed by atoms with Crippen molar-refractivity contribution in [3.63, 3.8) is 0 Å². The second kappa shape index (κ2) is 4.87. The summed E-state index contributed by atoms with van der Waals surface area (Å²) in [6.45, 7) is 4.73. The first kappa shape index (κ1) is 11.6. The van der Waals surface area contributed by atoms with Crippen molar-refractivity contribution in [3.8, 4) is 0 Å². The number of rotatable bonds is 3. The van der Waals surface area contributed by atoms with Gasteiger partial charge in [-0.1, -0.05) is 11.6 Å². The molecule has 0 aromatic rings. The van der Waals surface area contributed by atoms with Gasteiger partial charge in [0.25, 0.3) is 0 Å². The van der Waals surface area contributed by atoms with E-state index >= 15 is 0 Å². The molecule has 3 heteroatoms. The summed E-state index contributed by atoms with van der Waals surface area (Å²) in [6.07, 6.45) is 3.62. The Kier molecular flexibility index (Phi) is 4.05. The van der Waals surface area contributed by atoms with Crippen LogP contribution in [0.25, 0.3) is 0 Å². The molecule has 14 heavy (non-hydrogen) atoms. The van der Waals surface area contributed by atoms with E-state index in [2.05, 4.69) is 5.32 Å². The van der Waals surface area contributed by atoms with Crippen LogP contribution in [0.3, 0.4) is 0 Å². The predicted molar refractivity (Wildman–Crippen MR) is 54.6 cm³/mol. The van der Waals surface area contributed by atoms with Gasteiger partial charge in [-0.2, -0.15) is 0 Å². The van der Waals surface area contributed by atoms with Gasteiger partial charge in [0.15, 0.2) is 0 Å². The topological polar surface area (TPSA) is 12.0 Å². The third-order valence-electron chi connectivity index (χ3n) is 2.56. The molecule has 0 aromatic carbocycles. The minimum Gasteiger partial charge on any atom is -0.310 e. The highest BCUT2D eigenvalue weighted by Gasteiger charge is 2.35. The number of hydrogen-bond donors (Lipinski definition) is 1. The number of hydrogen-bond acceptors (Lipinski definition) is 1. The monoisotopic (exact) mass is 203 g/mol. The van der Waals surface area contributed by atoms with Crippen molar-refractivity contribution in [3.05, 3.63) is 11.6 Å². The van der Waals surface area contributed by atoms with Gasteiger partial charge in [0.2, 0.25) is 5.92 Å². The third-order valence-corrected chi connectivity index (χ3v) is 2.56. The first-order chi connectivity index (χ1) is 6.49. The minimum atomic E-state index is -2.44. The molecule has 1 aliphatic rings. The van der Waals surface area contributed by atoms with E-state index in [0.29, 0.717) is 13.0 Å². The van der Waals surface area contributed by atoms with Crippen molar-refractivity contribution in [1.29, 1.82) is 0 Å². The van der Waals surface area contributed by atoms with Gasteiger partial charge in [0, 0.05) is 25.4 Å². The maximum Gasteiger partial charge on any atom is 0.249 e. The van der Waals surface area contributed by atoms with Gasteiger partial charge >= 0.3 is 0 Å². The summed E-state index contributed by atoms with van der Waals surface area (Å²) in [4.78, 5) is 0. The third kappa shape index (κ3) is 4.18. The van der Waals surface area contributed by atoms with Gasteiger partial charge in [-0.25, -0.2) is 8.78 Å². The quantitative estimate of drug-likeness (QED) is 0.695. The van der Waals surface area contributed by atoms with Crippen LogP contribution in [0.4, 0.5) is 8.78 Å². The molecular weight excluding hydrogens is 184 g/mol. The van der Waals surface area contributed by atoms with Gasteiger partial charge < -0.3 is 5.32 Å². The van der Waals surface area contributed by atoms with E-state index in [4.69, 9.17) is 0 Å². The van der Waals surface area contributed by atoms with Gasteiger partial charge in [0.1, 0.15) is 0 Å². The van der Waals surface area contributed by atoms with Gasteiger partial charge in [-0.15, -0.1) is 0 Å². The molecule has 0 aromatic heterocycles. The Morgan fingerprint density at radius 1 is 1.50 bits per heavy atom. The molecule has 1 saturated carbocycles. The Morgan fingerprint density at radius 3 is 2.79 bits per heavy atom. The molecule has 1 aliphatic carbocycles. The van der Waals surface area contributed by atoms with Crippen molar-refractivity contribution in [1.82, 2.24) is 5.32 Å². The molecule has 82 valence electrons. The summed E-state index contributed by atoms with van der Waals surface area (Å²) in [5, 5.41) is 3.15. The molecule has 0 saturated heterocycles. The Balaban J connectivity index is 2.28. The largest absolute Gasteiger partial charge is 0.310 e. The van der Waals surface area contributed by atoms with E-state index in [9.17, 15) is 8.78 Å². The molecular formula is C11H19F2N. The van der Waals surface area contributed by atoms with Crippen molar-refractivity contribution in [2.45, 2.75) is 51.5 Å². The second-order valence-electron chi connectivity index (χ2n) is 4.34. The summed E-state index contributed by atoms with van der Waals surface area (Å²) in [5.41, 5.74) is 1.22. The predicted octanol–water partition coefficient (Wildman–Crippen LogP) is 3.12.